The molecule has 0 aliphatic carbocycles. The van der Waals surface area contributed by atoms with Crippen molar-refractivity contribution in [1.82, 2.24) is 49.5 Å². The highest BCUT2D eigenvalue weighted by molar-refractivity contribution is 5.79. The van der Waals surface area contributed by atoms with E-state index in [1.54, 1.807) is 15.5 Å². The molecule has 1 N–H and O–H groups in total. The molecule has 0 unspecified atom stereocenters. The number of imidazole rings is 1. The van der Waals surface area contributed by atoms with Gasteiger partial charge in [-0.25, -0.2) is 14.5 Å². The van der Waals surface area contributed by atoms with Crippen LogP contribution in [0.1, 0.15) is 38.1 Å². The largest absolute Gasteiger partial charge is 0.335 e. The van der Waals surface area contributed by atoms with Crippen LogP contribution in [0.5, 0.6) is 0 Å². The van der Waals surface area contributed by atoms with Gasteiger partial charge in [0.1, 0.15) is 6.33 Å². The zero-order chi connectivity index (χ0) is 24.2. The number of rotatable bonds is 9. The van der Waals surface area contributed by atoms with Crippen molar-refractivity contribution in [2.24, 2.45) is 0 Å². The van der Waals surface area contributed by atoms with Gasteiger partial charge in [0.25, 0.3) is 0 Å². The number of hydrogen-bond donors (Lipinski definition) is 1. The number of aromatic nitrogens is 10. The summed E-state index contributed by atoms with van der Waals surface area (Å²) >= 11 is 0. The van der Waals surface area contributed by atoms with Gasteiger partial charge in [-0.3, -0.25) is 14.1 Å². The van der Waals surface area contributed by atoms with Crippen LogP contribution in [-0.4, -0.2) is 49.5 Å². The Bertz CT molecular complexity index is 1460. The number of H-pyrrole nitrogens is 1. The number of benzene rings is 1. The summed E-state index contributed by atoms with van der Waals surface area (Å²) in [6.45, 7) is 5.30. The minimum absolute atomic E-state index is 0.146. The Morgan fingerprint density at radius 2 is 1.86 bits per heavy atom. The number of aromatic amines is 1. The average Bonchev–Trinajstić information content (AvgIpc) is 3.63. The van der Waals surface area contributed by atoms with Crippen molar-refractivity contribution >= 4 is 0 Å². The van der Waals surface area contributed by atoms with Crippen LogP contribution in [0.4, 0.5) is 0 Å². The van der Waals surface area contributed by atoms with Crippen molar-refractivity contribution in [3.05, 3.63) is 77.0 Å². The van der Waals surface area contributed by atoms with Crippen molar-refractivity contribution in [2.45, 2.75) is 46.2 Å². The van der Waals surface area contributed by atoms with Crippen molar-refractivity contribution in [3.63, 3.8) is 0 Å². The van der Waals surface area contributed by atoms with E-state index < -0.39 is 0 Å². The van der Waals surface area contributed by atoms with Crippen LogP contribution in [0.25, 0.3) is 28.5 Å². The van der Waals surface area contributed by atoms with Gasteiger partial charge in [-0.1, -0.05) is 50.6 Å². The van der Waals surface area contributed by atoms with E-state index in [1.807, 2.05) is 53.4 Å². The van der Waals surface area contributed by atoms with E-state index in [0.717, 1.165) is 53.9 Å². The minimum Gasteiger partial charge on any atom is -0.299 e. The zero-order valence-electron chi connectivity index (χ0n) is 19.7. The number of aryl methyl sites for hydroxylation is 2. The molecule has 4 heterocycles. The number of tetrazole rings is 1. The standard InChI is InChI=1S/C24H26N10O/c1-3-7-19-15-34(23-29-26-16-32(23)12-4-2)24(35)33(19)14-18-11-10-17(13-25-18)20-8-5-6-9-21(20)22-27-30-31-28-22/h5-6,8-11,13,15-16H,3-4,7,12,14H2,1-2H3,(H,27,28,30,31). The second kappa shape index (κ2) is 9.84. The Morgan fingerprint density at radius 1 is 1.00 bits per heavy atom. The average molecular weight is 471 g/mol. The second-order valence-electron chi connectivity index (χ2n) is 8.27. The highest BCUT2D eigenvalue weighted by Crippen LogP contribution is 2.29. The van der Waals surface area contributed by atoms with E-state index in [0.29, 0.717) is 18.3 Å². The van der Waals surface area contributed by atoms with E-state index in [1.165, 1.54) is 0 Å². The summed E-state index contributed by atoms with van der Waals surface area (Å²) in [6, 6.07) is 11.8. The Balaban J connectivity index is 1.46. The number of nitrogens with zero attached hydrogens (tertiary/aromatic N) is 9. The SMILES string of the molecule is CCCc1cn(-c2nncn2CCC)c(=O)n1Cc1ccc(-c2ccccc2-c2nnn[nH]2)cn1. The monoisotopic (exact) mass is 470 g/mol. The molecule has 0 radical (unpaired) electrons. The van der Waals surface area contributed by atoms with Crippen LogP contribution in [0.3, 0.4) is 0 Å². The predicted octanol–water partition coefficient (Wildman–Crippen LogP) is 2.88. The maximum atomic E-state index is 13.4. The maximum absolute atomic E-state index is 13.4. The van der Waals surface area contributed by atoms with E-state index in [-0.39, 0.29) is 5.69 Å². The van der Waals surface area contributed by atoms with Gasteiger partial charge >= 0.3 is 5.69 Å². The third-order valence-electron chi connectivity index (χ3n) is 5.83. The van der Waals surface area contributed by atoms with Crippen molar-refractivity contribution in [3.8, 4) is 28.5 Å². The van der Waals surface area contributed by atoms with Crippen LogP contribution in [0.2, 0.25) is 0 Å². The lowest BCUT2D eigenvalue weighted by molar-refractivity contribution is 0.636. The van der Waals surface area contributed by atoms with E-state index in [2.05, 4.69) is 49.7 Å². The van der Waals surface area contributed by atoms with E-state index in [9.17, 15) is 4.79 Å². The topological polar surface area (TPSA) is 125 Å². The summed E-state index contributed by atoms with van der Waals surface area (Å²) < 4.78 is 5.25. The molecular formula is C24H26N10O. The zero-order valence-corrected chi connectivity index (χ0v) is 19.7. The van der Waals surface area contributed by atoms with Gasteiger partial charge < -0.3 is 0 Å². The maximum Gasteiger partial charge on any atom is 0.335 e. The number of nitrogens with one attached hydrogen (secondary N) is 1. The molecule has 0 saturated carbocycles. The first-order valence-corrected chi connectivity index (χ1v) is 11.7. The third kappa shape index (κ3) is 4.39. The number of pyridine rings is 1. The smallest absolute Gasteiger partial charge is 0.299 e. The summed E-state index contributed by atoms with van der Waals surface area (Å²) in [6.07, 6.45) is 7.98. The number of hydrogen-bond acceptors (Lipinski definition) is 7. The van der Waals surface area contributed by atoms with Crippen LogP contribution < -0.4 is 5.69 Å². The highest BCUT2D eigenvalue weighted by atomic mass is 16.2. The van der Waals surface area contributed by atoms with Crippen molar-refractivity contribution < 1.29 is 0 Å². The lowest BCUT2D eigenvalue weighted by Crippen LogP contribution is -2.26. The van der Waals surface area contributed by atoms with Gasteiger partial charge in [0.2, 0.25) is 5.95 Å². The van der Waals surface area contributed by atoms with Gasteiger partial charge in [-0.2, -0.15) is 0 Å². The summed E-state index contributed by atoms with van der Waals surface area (Å²) in [7, 11) is 0. The molecule has 0 aliphatic rings. The minimum atomic E-state index is -0.146. The Hall–Kier alpha value is -4.41. The quantitative estimate of drug-likeness (QED) is 0.351. The first-order valence-electron chi connectivity index (χ1n) is 11.7. The van der Waals surface area contributed by atoms with Crippen LogP contribution >= 0.6 is 0 Å². The molecule has 0 atom stereocenters. The van der Waals surface area contributed by atoms with Gasteiger partial charge in [-0.05, 0) is 34.9 Å². The Morgan fingerprint density at radius 3 is 2.57 bits per heavy atom. The highest BCUT2D eigenvalue weighted by Gasteiger charge is 2.17. The first kappa shape index (κ1) is 22.4. The Labute approximate surface area is 201 Å². The molecule has 5 aromatic rings. The fraction of sp³-hybridized carbons (Fsp3) is 0.292. The summed E-state index contributed by atoms with van der Waals surface area (Å²) in [4.78, 5) is 18.1. The Kier molecular flexibility index (Phi) is 6.29. The molecule has 11 heteroatoms. The molecule has 11 nitrogen and oxygen atoms in total. The predicted molar refractivity (Wildman–Crippen MR) is 130 cm³/mol. The molecule has 0 spiro atoms. The van der Waals surface area contributed by atoms with E-state index >= 15 is 0 Å². The van der Waals surface area contributed by atoms with Crippen LogP contribution in [0.15, 0.2) is 59.9 Å². The van der Waals surface area contributed by atoms with Crippen molar-refractivity contribution in [2.75, 3.05) is 0 Å². The molecule has 35 heavy (non-hydrogen) atoms. The molecule has 4 aromatic heterocycles. The molecule has 0 amide bonds. The van der Waals surface area contributed by atoms with Gasteiger partial charge in [0, 0.05) is 35.8 Å². The molecular weight excluding hydrogens is 444 g/mol. The molecule has 5 rings (SSSR count). The summed E-state index contributed by atoms with van der Waals surface area (Å²) in [5.74, 6) is 1.13. The van der Waals surface area contributed by atoms with Crippen molar-refractivity contribution in [1.29, 1.82) is 0 Å². The van der Waals surface area contributed by atoms with E-state index in [4.69, 9.17) is 0 Å². The fourth-order valence-electron chi connectivity index (χ4n) is 4.18. The normalized spacial score (nSPS) is 11.3. The first-order chi connectivity index (χ1) is 17.2. The lowest BCUT2D eigenvalue weighted by Gasteiger charge is -2.09. The van der Waals surface area contributed by atoms with Gasteiger partial charge in [0.05, 0.1) is 12.2 Å². The molecule has 0 saturated heterocycles. The van der Waals surface area contributed by atoms with Crippen LogP contribution in [-0.2, 0) is 19.5 Å². The molecule has 0 bridgehead atoms. The lowest BCUT2D eigenvalue weighted by atomic mass is 10.0. The second-order valence-corrected chi connectivity index (χ2v) is 8.27. The molecule has 1 aromatic carbocycles. The molecule has 0 aliphatic heterocycles. The fourth-order valence-corrected chi connectivity index (χ4v) is 4.18. The molecule has 178 valence electrons. The summed E-state index contributed by atoms with van der Waals surface area (Å²) in [5.41, 5.74) is 4.38. The summed E-state index contributed by atoms with van der Waals surface area (Å²) in [5, 5.41) is 22.4. The van der Waals surface area contributed by atoms with Gasteiger partial charge in [0.15, 0.2) is 5.82 Å². The van der Waals surface area contributed by atoms with Crippen LogP contribution in [0, 0.1) is 0 Å². The van der Waals surface area contributed by atoms with Gasteiger partial charge in [-0.15, -0.1) is 15.3 Å². The molecule has 0 fully saturated rings. The third-order valence-corrected chi connectivity index (χ3v) is 5.83.